The summed E-state index contributed by atoms with van der Waals surface area (Å²) in [6, 6.07) is -1.38. The first-order valence-corrected chi connectivity index (χ1v) is 13.2. The Bertz CT molecular complexity index is 1090. The van der Waals surface area contributed by atoms with Crippen molar-refractivity contribution in [3.63, 3.8) is 0 Å². The molecular weight excluding hydrogens is 510 g/mol. The van der Waals surface area contributed by atoms with Crippen molar-refractivity contribution in [2.45, 2.75) is 90.3 Å². The van der Waals surface area contributed by atoms with Crippen LogP contribution in [-0.4, -0.2) is 91.3 Å². The molecule has 216 valence electrons. The summed E-state index contributed by atoms with van der Waals surface area (Å²) in [5, 5.41) is 49.4. The second kappa shape index (κ2) is 11.6. The number of allylic oxidation sites excluding steroid dienone is 2. The Morgan fingerprint density at radius 1 is 1.13 bits per heavy atom. The van der Waals surface area contributed by atoms with Crippen LogP contribution in [0.15, 0.2) is 35.5 Å². The number of amides is 1. The second-order valence-corrected chi connectivity index (χ2v) is 11.7. The molecule has 11 nitrogen and oxygen atoms in total. The summed E-state index contributed by atoms with van der Waals surface area (Å²) >= 11 is 0. The normalized spacial score (nSPS) is 30.7. The van der Waals surface area contributed by atoms with Crippen molar-refractivity contribution < 1.29 is 49.4 Å². The van der Waals surface area contributed by atoms with Gasteiger partial charge in [-0.3, -0.25) is 9.59 Å². The van der Waals surface area contributed by atoms with Gasteiger partial charge in [-0.05, 0) is 37.2 Å². The number of carbonyl (C=O) groups excluding carboxylic acids is 2. The van der Waals surface area contributed by atoms with Crippen molar-refractivity contribution >= 4 is 23.8 Å². The minimum absolute atomic E-state index is 0.196. The van der Waals surface area contributed by atoms with E-state index in [2.05, 4.69) is 0 Å². The number of ether oxygens (including phenoxy) is 1. The minimum Gasteiger partial charge on any atom is -0.481 e. The van der Waals surface area contributed by atoms with E-state index in [9.17, 15) is 39.6 Å². The fourth-order valence-electron chi connectivity index (χ4n) is 6.72. The van der Waals surface area contributed by atoms with Gasteiger partial charge in [0.1, 0.15) is 18.2 Å². The van der Waals surface area contributed by atoms with Crippen LogP contribution in [0.25, 0.3) is 0 Å². The molecule has 1 fully saturated rings. The minimum atomic E-state index is -1.38. The van der Waals surface area contributed by atoms with Gasteiger partial charge in [0.15, 0.2) is 0 Å². The standard InChI is InChI=1S/C28H39NO10/c1-15(30)18(31)8-5-6-9-20(34)39-23-22(35)16-14-29(17(26(37)38)10-11-19(32)33)25(36)21(16)28(4)13-7-12-27(2,3)24(23)28/h5-6,8-9,15,17-18,22-24,30-31,35H,7,10-14H2,1-4H3,(H,32,33)(H,37,38). The van der Waals surface area contributed by atoms with Gasteiger partial charge < -0.3 is 35.2 Å². The molecule has 1 saturated carbocycles. The third-order valence-corrected chi connectivity index (χ3v) is 8.44. The lowest BCUT2D eigenvalue weighted by atomic mass is 9.49. The van der Waals surface area contributed by atoms with Gasteiger partial charge in [0.25, 0.3) is 5.91 Å². The highest BCUT2D eigenvalue weighted by molar-refractivity contribution is 6.01. The molecule has 0 bridgehead atoms. The molecule has 5 N–H and O–H groups in total. The molecule has 2 aliphatic carbocycles. The van der Waals surface area contributed by atoms with Gasteiger partial charge in [-0.2, -0.15) is 0 Å². The van der Waals surface area contributed by atoms with Crippen LogP contribution < -0.4 is 0 Å². The molecule has 1 amide bonds. The van der Waals surface area contributed by atoms with Crippen LogP contribution in [0, 0.1) is 16.7 Å². The number of aliphatic carboxylic acids is 2. The summed E-state index contributed by atoms with van der Waals surface area (Å²) in [6.07, 6.45) is 2.13. The van der Waals surface area contributed by atoms with Gasteiger partial charge >= 0.3 is 17.9 Å². The molecule has 0 aromatic rings. The zero-order valence-corrected chi connectivity index (χ0v) is 22.7. The van der Waals surface area contributed by atoms with Crippen molar-refractivity contribution in [1.82, 2.24) is 4.90 Å². The summed E-state index contributed by atoms with van der Waals surface area (Å²) in [7, 11) is 0. The van der Waals surface area contributed by atoms with E-state index in [4.69, 9.17) is 9.84 Å². The topological polar surface area (TPSA) is 182 Å². The molecule has 0 spiro atoms. The van der Waals surface area contributed by atoms with Gasteiger partial charge in [0, 0.05) is 35.9 Å². The van der Waals surface area contributed by atoms with Crippen molar-refractivity contribution in [3.05, 3.63) is 35.5 Å². The lowest BCUT2D eigenvalue weighted by Gasteiger charge is -2.57. The molecule has 0 radical (unpaired) electrons. The molecule has 3 rings (SSSR count). The quantitative estimate of drug-likeness (QED) is 0.152. The molecule has 1 heterocycles. The van der Waals surface area contributed by atoms with Crippen molar-refractivity contribution in [2.75, 3.05) is 6.54 Å². The lowest BCUT2D eigenvalue weighted by Crippen LogP contribution is -2.58. The largest absolute Gasteiger partial charge is 0.481 e. The number of aliphatic hydroxyl groups is 3. The molecule has 7 unspecified atom stereocenters. The van der Waals surface area contributed by atoms with Gasteiger partial charge in [0.05, 0.1) is 12.2 Å². The number of hydrogen-bond acceptors (Lipinski definition) is 8. The predicted molar refractivity (Wildman–Crippen MR) is 138 cm³/mol. The van der Waals surface area contributed by atoms with Gasteiger partial charge in [-0.1, -0.05) is 45.4 Å². The fourth-order valence-corrected chi connectivity index (χ4v) is 6.72. The molecule has 0 saturated heterocycles. The zero-order valence-electron chi connectivity index (χ0n) is 22.7. The average Bonchev–Trinajstić information content (AvgIpc) is 3.17. The van der Waals surface area contributed by atoms with E-state index in [1.807, 2.05) is 20.8 Å². The Balaban J connectivity index is 1.94. The SMILES string of the molecule is CC(O)C(O)C=CC=CC(=O)OC1C(O)C2=C(C(=O)N(C(CCC(=O)O)C(=O)O)C2)C2(C)CCCC(C)(C)C12. The number of fused-ring (bicyclic) bond motifs is 2. The molecule has 3 aliphatic rings. The Hall–Kier alpha value is -3.02. The molecule has 0 aromatic carbocycles. The maximum Gasteiger partial charge on any atom is 0.331 e. The van der Waals surface area contributed by atoms with E-state index < -0.39 is 77.4 Å². The van der Waals surface area contributed by atoms with Gasteiger partial charge in [0.2, 0.25) is 0 Å². The van der Waals surface area contributed by atoms with Crippen LogP contribution in [0.4, 0.5) is 0 Å². The highest BCUT2D eigenvalue weighted by atomic mass is 16.6. The summed E-state index contributed by atoms with van der Waals surface area (Å²) in [5.74, 6) is -4.23. The summed E-state index contributed by atoms with van der Waals surface area (Å²) < 4.78 is 5.81. The second-order valence-electron chi connectivity index (χ2n) is 11.7. The van der Waals surface area contributed by atoms with E-state index in [0.29, 0.717) is 17.6 Å². The number of aliphatic hydroxyl groups excluding tert-OH is 3. The first-order chi connectivity index (χ1) is 18.1. The molecule has 1 aliphatic heterocycles. The highest BCUT2D eigenvalue weighted by Crippen LogP contribution is 2.61. The number of carbonyl (C=O) groups is 4. The first kappa shape index (κ1) is 30.5. The summed E-state index contributed by atoms with van der Waals surface area (Å²) in [6.45, 7) is 7.11. The van der Waals surface area contributed by atoms with Crippen molar-refractivity contribution in [3.8, 4) is 0 Å². The number of esters is 1. The van der Waals surface area contributed by atoms with Crippen LogP contribution in [0.2, 0.25) is 0 Å². The van der Waals surface area contributed by atoms with Crippen LogP contribution in [0.5, 0.6) is 0 Å². The first-order valence-electron chi connectivity index (χ1n) is 13.2. The molecule has 7 atom stereocenters. The average molecular weight is 550 g/mol. The molecule has 0 aromatic heterocycles. The van der Waals surface area contributed by atoms with Gasteiger partial charge in [-0.15, -0.1) is 0 Å². The Morgan fingerprint density at radius 3 is 2.38 bits per heavy atom. The van der Waals surface area contributed by atoms with E-state index in [1.165, 1.54) is 25.2 Å². The maximum absolute atomic E-state index is 13.7. The van der Waals surface area contributed by atoms with Crippen LogP contribution in [0.1, 0.15) is 59.8 Å². The molecular formula is C28H39NO10. The van der Waals surface area contributed by atoms with Crippen LogP contribution in [-0.2, 0) is 23.9 Å². The van der Waals surface area contributed by atoms with Crippen molar-refractivity contribution in [2.24, 2.45) is 16.7 Å². The smallest absolute Gasteiger partial charge is 0.331 e. The molecule has 11 heteroatoms. The Labute approximate surface area is 227 Å². The Morgan fingerprint density at radius 2 is 1.79 bits per heavy atom. The monoisotopic (exact) mass is 549 g/mol. The van der Waals surface area contributed by atoms with Gasteiger partial charge in [-0.25, -0.2) is 9.59 Å². The van der Waals surface area contributed by atoms with E-state index >= 15 is 0 Å². The third-order valence-electron chi connectivity index (χ3n) is 8.44. The molecule has 39 heavy (non-hydrogen) atoms. The van der Waals surface area contributed by atoms with E-state index in [0.717, 1.165) is 23.8 Å². The number of nitrogens with zero attached hydrogens (tertiary/aromatic N) is 1. The zero-order chi connectivity index (χ0) is 29.3. The summed E-state index contributed by atoms with van der Waals surface area (Å²) in [5.41, 5.74) is -0.605. The van der Waals surface area contributed by atoms with E-state index in [-0.39, 0.29) is 13.0 Å². The maximum atomic E-state index is 13.7. The van der Waals surface area contributed by atoms with Crippen LogP contribution >= 0.6 is 0 Å². The predicted octanol–water partition coefficient (Wildman–Crippen LogP) is 1.42. The third kappa shape index (κ3) is 6.10. The number of rotatable bonds is 10. The fraction of sp³-hybridized carbons (Fsp3) is 0.643. The number of carboxylic acids is 2. The van der Waals surface area contributed by atoms with E-state index in [1.54, 1.807) is 0 Å². The highest BCUT2D eigenvalue weighted by Gasteiger charge is 2.62. The van der Waals surface area contributed by atoms with Crippen molar-refractivity contribution in [1.29, 1.82) is 0 Å². The number of carboxylic acid groups (broad SMARTS) is 2. The lowest BCUT2D eigenvalue weighted by molar-refractivity contribution is -0.170. The van der Waals surface area contributed by atoms with Crippen LogP contribution in [0.3, 0.4) is 0 Å². The Kier molecular flexibility index (Phi) is 9.09. The summed E-state index contributed by atoms with van der Waals surface area (Å²) in [4.78, 5) is 50.8. The number of hydrogen-bond donors (Lipinski definition) is 5.